The minimum atomic E-state index is -0.435. The number of benzene rings is 1. The molecule has 2 heterocycles. The van der Waals surface area contributed by atoms with Crippen molar-refractivity contribution in [1.82, 2.24) is 20.3 Å². The quantitative estimate of drug-likeness (QED) is 0.113. The van der Waals surface area contributed by atoms with Crippen LogP contribution in [-0.2, 0) is 11.2 Å². The molecular weight excluding hydrogens is 426 g/mol. The normalized spacial score (nSPS) is 15.5. The Morgan fingerprint density at radius 2 is 2.18 bits per heavy atom. The molecule has 0 aliphatic carbocycles. The van der Waals surface area contributed by atoms with E-state index in [2.05, 4.69) is 25.8 Å². The Kier molecular flexibility index (Phi) is 7.95. The van der Waals surface area contributed by atoms with E-state index in [0.29, 0.717) is 49.4 Å². The van der Waals surface area contributed by atoms with Crippen LogP contribution in [0, 0.1) is 21.4 Å². The molecule has 0 saturated carbocycles. The fraction of sp³-hybridized carbons (Fsp3) is 0.429. The lowest BCUT2D eigenvalue weighted by Crippen LogP contribution is -2.38. The van der Waals surface area contributed by atoms with Gasteiger partial charge in [-0.2, -0.15) is 5.10 Å². The van der Waals surface area contributed by atoms with Crippen LogP contribution in [0.5, 0.6) is 0 Å². The lowest BCUT2D eigenvalue weighted by molar-refractivity contribution is -0.384. The average molecular weight is 456 g/mol. The summed E-state index contributed by atoms with van der Waals surface area (Å²) in [6, 6.07) is 4.90. The molecule has 33 heavy (non-hydrogen) atoms. The fourth-order valence-corrected chi connectivity index (χ4v) is 3.72. The number of hydrogen-bond acceptors (Lipinski definition) is 7. The summed E-state index contributed by atoms with van der Waals surface area (Å²) in [6.07, 6.45) is 6.02. The van der Waals surface area contributed by atoms with Crippen LogP contribution in [0.3, 0.4) is 0 Å². The van der Waals surface area contributed by atoms with Crippen molar-refractivity contribution >= 4 is 29.0 Å². The molecule has 0 spiro atoms. The first-order valence-corrected chi connectivity index (χ1v) is 10.8. The monoisotopic (exact) mass is 455 g/mol. The predicted octanol–water partition coefficient (Wildman–Crippen LogP) is 1.81. The zero-order valence-electron chi connectivity index (χ0n) is 18.5. The Hall–Kier alpha value is -3.96. The van der Waals surface area contributed by atoms with Crippen molar-refractivity contribution in [2.75, 3.05) is 25.0 Å². The van der Waals surface area contributed by atoms with Gasteiger partial charge in [-0.15, -0.1) is 0 Å². The number of hydrogen-bond donors (Lipinski definition) is 5. The maximum Gasteiger partial charge on any atom is 0.292 e. The smallest absolute Gasteiger partial charge is 0.292 e. The molecule has 0 radical (unpaired) electrons. The summed E-state index contributed by atoms with van der Waals surface area (Å²) in [6.45, 7) is 3.54. The summed E-state index contributed by atoms with van der Waals surface area (Å²) in [5.41, 5.74) is 10.7. The first-order valence-electron chi connectivity index (χ1n) is 10.8. The van der Waals surface area contributed by atoms with Crippen LogP contribution in [0.4, 0.5) is 11.4 Å². The fourth-order valence-electron chi connectivity index (χ4n) is 3.72. The standard InChI is InChI=1S/C21H29N9O3/c1-14-10-19(31)27-28-20(14)15-5-6-17(18(11-15)30(32)33)25-7-3-9-29(21(22)23)8-2-4-16-12-24-13-26-16/h5-6,11-14,25H,2-4,7-10H2,1H3,(H3,22,23)(H,24,26)(H,27,31). The molecule has 1 aliphatic heterocycles. The maximum absolute atomic E-state index is 11.6. The summed E-state index contributed by atoms with van der Waals surface area (Å²) in [5.74, 6) is -0.288. The molecule has 176 valence electrons. The number of carbonyl (C=O) groups excluding carboxylic acids is 1. The lowest BCUT2D eigenvalue weighted by atomic mass is 9.93. The molecule has 2 aromatic rings. The van der Waals surface area contributed by atoms with E-state index in [9.17, 15) is 14.9 Å². The third-order valence-corrected chi connectivity index (χ3v) is 5.43. The Morgan fingerprint density at radius 1 is 1.39 bits per heavy atom. The van der Waals surface area contributed by atoms with Crippen LogP contribution >= 0.6 is 0 Å². The van der Waals surface area contributed by atoms with Crippen LogP contribution in [0.1, 0.15) is 37.4 Å². The number of H-pyrrole nitrogens is 1. The Bertz CT molecular complexity index is 1020. The Labute approximate surface area is 191 Å². The van der Waals surface area contributed by atoms with Crippen molar-refractivity contribution in [3.8, 4) is 0 Å². The molecular formula is C21H29N9O3. The number of imidazole rings is 1. The van der Waals surface area contributed by atoms with Gasteiger partial charge in [0.05, 0.1) is 22.7 Å². The summed E-state index contributed by atoms with van der Waals surface area (Å²) < 4.78 is 0. The lowest BCUT2D eigenvalue weighted by Gasteiger charge is -2.22. The van der Waals surface area contributed by atoms with E-state index in [1.165, 1.54) is 6.07 Å². The number of guanidine groups is 1. The Balaban J connectivity index is 1.54. The van der Waals surface area contributed by atoms with Gasteiger partial charge in [0.15, 0.2) is 5.96 Å². The number of nitrogens with zero attached hydrogens (tertiary/aromatic N) is 4. The molecule has 1 aromatic carbocycles. The van der Waals surface area contributed by atoms with Gasteiger partial charge in [-0.1, -0.05) is 13.0 Å². The van der Waals surface area contributed by atoms with Gasteiger partial charge in [0.2, 0.25) is 5.91 Å². The molecule has 12 nitrogen and oxygen atoms in total. The molecule has 1 aromatic heterocycles. The van der Waals surface area contributed by atoms with E-state index in [-0.39, 0.29) is 23.5 Å². The second-order valence-electron chi connectivity index (χ2n) is 7.94. The van der Waals surface area contributed by atoms with Gasteiger partial charge >= 0.3 is 0 Å². The van der Waals surface area contributed by atoms with E-state index in [1.807, 2.05) is 13.1 Å². The van der Waals surface area contributed by atoms with Crippen LogP contribution in [0.25, 0.3) is 0 Å². The number of rotatable bonds is 11. The van der Waals surface area contributed by atoms with Gasteiger partial charge in [0.1, 0.15) is 5.69 Å². The van der Waals surface area contributed by atoms with E-state index >= 15 is 0 Å². The highest BCUT2D eigenvalue weighted by Gasteiger charge is 2.24. The molecule has 0 fully saturated rings. The molecule has 1 amide bonds. The number of nitro benzene ring substituents is 1. The summed E-state index contributed by atoms with van der Waals surface area (Å²) in [5, 5.41) is 26.6. The number of aryl methyl sites for hydroxylation is 1. The minimum Gasteiger partial charge on any atom is -0.379 e. The number of nitrogens with one attached hydrogen (secondary N) is 4. The van der Waals surface area contributed by atoms with Crippen molar-refractivity contribution < 1.29 is 9.72 Å². The highest BCUT2D eigenvalue weighted by atomic mass is 16.6. The molecule has 1 atom stereocenters. The maximum atomic E-state index is 11.6. The van der Waals surface area contributed by atoms with Gasteiger partial charge in [0, 0.05) is 49.8 Å². The van der Waals surface area contributed by atoms with Crippen LogP contribution < -0.4 is 16.5 Å². The topological polar surface area (TPSA) is 178 Å². The molecule has 6 N–H and O–H groups in total. The van der Waals surface area contributed by atoms with Gasteiger partial charge in [0.25, 0.3) is 5.69 Å². The Morgan fingerprint density at radius 3 is 2.85 bits per heavy atom. The summed E-state index contributed by atoms with van der Waals surface area (Å²) >= 11 is 0. The minimum absolute atomic E-state index is 0.00169. The van der Waals surface area contributed by atoms with Gasteiger partial charge in [-0.25, -0.2) is 10.4 Å². The first kappa shape index (κ1) is 23.7. The predicted molar refractivity (Wildman–Crippen MR) is 125 cm³/mol. The number of amides is 1. The van der Waals surface area contributed by atoms with Crippen molar-refractivity contribution in [3.63, 3.8) is 0 Å². The van der Waals surface area contributed by atoms with Crippen LogP contribution in [-0.4, -0.2) is 57.0 Å². The number of nitrogens with two attached hydrogens (primary N) is 1. The van der Waals surface area contributed by atoms with Crippen molar-refractivity contribution in [1.29, 1.82) is 5.41 Å². The second-order valence-corrected chi connectivity index (χ2v) is 7.94. The molecule has 12 heteroatoms. The van der Waals surface area contributed by atoms with E-state index < -0.39 is 4.92 Å². The molecule has 0 bridgehead atoms. The third-order valence-electron chi connectivity index (χ3n) is 5.43. The second kappa shape index (κ2) is 11.1. The summed E-state index contributed by atoms with van der Waals surface area (Å²) in [4.78, 5) is 31.5. The van der Waals surface area contributed by atoms with Crippen LogP contribution in [0.15, 0.2) is 35.8 Å². The third kappa shape index (κ3) is 6.51. The molecule has 3 rings (SSSR count). The van der Waals surface area contributed by atoms with Gasteiger partial charge in [-0.3, -0.25) is 20.3 Å². The van der Waals surface area contributed by atoms with Crippen LogP contribution in [0.2, 0.25) is 0 Å². The van der Waals surface area contributed by atoms with Crippen molar-refractivity contribution in [2.24, 2.45) is 16.8 Å². The highest BCUT2D eigenvalue weighted by molar-refractivity contribution is 6.06. The SMILES string of the molecule is CC1CC(=O)NN=C1c1ccc(NCCCN(CCCc2c[nH]cn2)C(=N)N)c([N+](=O)[O-])c1. The zero-order chi connectivity index (χ0) is 23.8. The molecule has 0 saturated heterocycles. The molecule has 1 unspecified atom stereocenters. The van der Waals surface area contributed by atoms with Crippen molar-refractivity contribution in [2.45, 2.75) is 32.6 Å². The number of nitro groups is 1. The largest absolute Gasteiger partial charge is 0.379 e. The number of carbonyl (C=O) groups is 1. The zero-order valence-corrected chi connectivity index (χ0v) is 18.5. The van der Waals surface area contributed by atoms with Gasteiger partial charge in [-0.05, 0) is 25.3 Å². The number of hydrazone groups is 1. The van der Waals surface area contributed by atoms with Crippen molar-refractivity contribution in [3.05, 3.63) is 52.1 Å². The number of aromatic nitrogens is 2. The van der Waals surface area contributed by atoms with E-state index in [1.54, 1.807) is 23.4 Å². The van der Waals surface area contributed by atoms with Gasteiger partial charge < -0.3 is 20.9 Å². The number of aromatic amines is 1. The van der Waals surface area contributed by atoms with E-state index in [4.69, 9.17) is 11.1 Å². The highest BCUT2D eigenvalue weighted by Crippen LogP contribution is 2.28. The molecule has 1 aliphatic rings. The summed E-state index contributed by atoms with van der Waals surface area (Å²) in [7, 11) is 0. The average Bonchev–Trinajstić information content (AvgIpc) is 3.29. The number of anilines is 1. The van der Waals surface area contributed by atoms with E-state index in [0.717, 1.165) is 18.5 Å². The first-order chi connectivity index (χ1) is 15.8.